The van der Waals surface area contributed by atoms with E-state index < -0.39 is 0 Å². The van der Waals surface area contributed by atoms with Crippen molar-refractivity contribution in [3.8, 4) is 0 Å². The van der Waals surface area contributed by atoms with Crippen molar-refractivity contribution in [1.29, 1.82) is 0 Å². The van der Waals surface area contributed by atoms with Crippen LogP contribution in [0.1, 0.15) is 74.7 Å². The van der Waals surface area contributed by atoms with Crippen LogP contribution in [0.4, 0.5) is 0 Å². The van der Waals surface area contributed by atoms with Crippen LogP contribution >= 0.6 is 0 Å². The van der Waals surface area contributed by atoms with Crippen LogP contribution in [0.5, 0.6) is 0 Å². The average Bonchev–Trinajstić information content (AvgIpc) is 2.52. The summed E-state index contributed by atoms with van der Waals surface area (Å²) in [4.78, 5) is 12.7. The molecular weight excluding hydrogens is 284 g/mol. The smallest absolute Gasteiger partial charge is 0.338 e. The van der Waals surface area contributed by atoms with E-state index >= 15 is 0 Å². The van der Waals surface area contributed by atoms with Gasteiger partial charge >= 0.3 is 5.97 Å². The van der Waals surface area contributed by atoms with Gasteiger partial charge in [-0.25, -0.2) is 4.79 Å². The Morgan fingerprint density at radius 2 is 1.52 bits per heavy atom. The lowest BCUT2D eigenvalue weighted by atomic mass is 9.50. The van der Waals surface area contributed by atoms with Crippen LogP contribution in [0.3, 0.4) is 0 Å². The molecule has 0 amide bonds. The van der Waals surface area contributed by atoms with Gasteiger partial charge in [0.1, 0.15) is 5.60 Å². The number of rotatable bonds is 3. The Balaban J connectivity index is 1.52. The lowest BCUT2D eigenvalue weighted by Crippen LogP contribution is -2.58. The number of carbonyl (C=O) groups excluding carboxylic acids is 1. The highest BCUT2D eigenvalue weighted by atomic mass is 16.6. The van der Waals surface area contributed by atoms with Gasteiger partial charge in [-0.05, 0) is 86.3 Å². The molecule has 124 valence electrons. The number of hydrogen-bond acceptors (Lipinski definition) is 2. The van der Waals surface area contributed by atoms with Gasteiger partial charge in [0.15, 0.2) is 0 Å². The van der Waals surface area contributed by atoms with Gasteiger partial charge in [-0.3, -0.25) is 0 Å². The molecule has 23 heavy (non-hydrogen) atoms. The normalized spacial score (nSPS) is 38.1. The number of esters is 1. The zero-order valence-electron chi connectivity index (χ0n) is 14.5. The summed E-state index contributed by atoms with van der Waals surface area (Å²) in [6.45, 7) is 6.55. The highest BCUT2D eigenvalue weighted by molar-refractivity contribution is 5.89. The predicted octanol–water partition coefficient (Wildman–Crippen LogP) is 5.18. The molecule has 0 atom stereocenters. The summed E-state index contributed by atoms with van der Waals surface area (Å²) in [5.41, 5.74) is 1.73. The van der Waals surface area contributed by atoms with Crippen molar-refractivity contribution in [2.24, 2.45) is 23.7 Å². The van der Waals surface area contributed by atoms with E-state index in [1.807, 2.05) is 12.1 Å². The van der Waals surface area contributed by atoms with E-state index in [0.29, 0.717) is 23.3 Å². The van der Waals surface area contributed by atoms with Crippen molar-refractivity contribution in [2.45, 2.75) is 64.4 Å². The molecule has 0 N–H and O–H groups in total. The van der Waals surface area contributed by atoms with Crippen molar-refractivity contribution in [3.05, 3.63) is 35.4 Å². The van der Waals surface area contributed by atoms with Gasteiger partial charge in [0, 0.05) is 0 Å². The van der Waals surface area contributed by atoms with Crippen LogP contribution in [-0.2, 0) is 4.74 Å². The fourth-order valence-corrected chi connectivity index (χ4v) is 5.55. The molecule has 0 aromatic heterocycles. The van der Waals surface area contributed by atoms with E-state index in [-0.39, 0.29) is 11.6 Å². The second-order valence-corrected chi connectivity index (χ2v) is 8.65. The third-order valence-electron chi connectivity index (χ3n) is 6.88. The Labute approximate surface area is 139 Å². The summed E-state index contributed by atoms with van der Waals surface area (Å²) in [5.74, 6) is 3.32. The fraction of sp³-hybridized carbons (Fsp3) is 0.667. The molecule has 0 unspecified atom stereocenters. The molecule has 1 aromatic rings. The molecule has 4 aliphatic carbocycles. The minimum absolute atomic E-state index is 0.129. The van der Waals surface area contributed by atoms with E-state index in [0.717, 1.165) is 11.8 Å². The van der Waals surface area contributed by atoms with Crippen LogP contribution in [0.2, 0.25) is 0 Å². The van der Waals surface area contributed by atoms with E-state index in [9.17, 15) is 4.79 Å². The van der Waals surface area contributed by atoms with Crippen molar-refractivity contribution in [3.63, 3.8) is 0 Å². The van der Waals surface area contributed by atoms with E-state index in [2.05, 4.69) is 32.9 Å². The number of ether oxygens (including phenoxy) is 1. The van der Waals surface area contributed by atoms with Crippen molar-refractivity contribution < 1.29 is 9.53 Å². The molecule has 2 heteroatoms. The fourth-order valence-electron chi connectivity index (χ4n) is 5.55. The summed E-state index contributed by atoms with van der Waals surface area (Å²) in [7, 11) is 0. The monoisotopic (exact) mass is 312 g/mol. The molecule has 4 aliphatic rings. The molecule has 0 aliphatic heterocycles. The molecular formula is C21H28O2. The van der Waals surface area contributed by atoms with Crippen molar-refractivity contribution in [1.82, 2.24) is 0 Å². The van der Waals surface area contributed by atoms with Gasteiger partial charge in [0.2, 0.25) is 0 Å². The maximum atomic E-state index is 12.7. The molecule has 0 saturated heterocycles. The molecule has 2 nitrogen and oxygen atoms in total. The minimum atomic E-state index is -0.235. The van der Waals surface area contributed by atoms with Crippen LogP contribution < -0.4 is 0 Å². The predicted molar refractivity (Wildman–Crippen MR) is 91.4 cm³/mol. The molecule has 5 rings (SSSR count). The Morgan fingerprint density at radius 1 is 1.00 bits per heavy atom. The standard InChI is InChI=1S/C21H28O2/c1-13(2)16-4-6-17(7-5-16)20(22)23-21(3)18-9-14-8-15(11-18)12-19(21)10-14/h4-7,13-15,18-19H,8-12H2,1-3H3. The van der Waals surface area contributed by atoms with Gasteiger partial charge in [0.05, 0.1) is 5.56 Å². The minimum Gasteiger partial charge on any atom is -0.455 e. The quantitative estimate of drug-likeness (QED) is 0.719. The summed E-state index contributed by atoms with van der Waals surface area (Å²) in [5, 5.41) is 0. The van der Waals surface area contributed by atoms with E-state index in [4.69, 9.17) is 4.74 Å². The topological polar surface area (TPSA) is 26.3 Å². The van der Waals surface area contributed by atoms with Gasteiger partial charge in [-0.15, -0.1) is 0 Å². The highest BCUT2D eigenvalue weighted by Gasteiger charge is 2.57. The Bertz CT molecular complexity index is 571. The highest BCUT2D eigenvalue weighted by Crippen LogP contribution is 2.59. The maximum absolute atomic E-state index is 12.7. The van der Waals surface area contributed by atoms with Crippen LogP contribution in [0.25, 0.3) is 0 Å². The third kappa shape index (κ3) is 2.51. The zero-order valence-corrected chi connectivity index (χ0v) is 14.5. The van der Waals surface area contributed by atoms with Crippen molar-refractivity contribution >= 4 is 5.97 Å². The lowest BCUT2D eigenvalue weighted by Gasteiger charge is -2.59. The molecule has 1 aromatic carbocycles. The summed E-state index contributed by atoms with van der Waals surface area (Å²) < 4.78 is 6.16. The van der Waals surface area contributed by atoms with Gasteiger partial charge < -0.3 is 4.74 Å². The van der Waals surface area contributed by atoms with Crippen LogP contribution in [-0.4, -0.2) is 11.6 Å². The molecule has 0 heterocycles. The second kappa shape index (κ2) is 5.36. The first kappa shape index (κ1) is 15.2. The lowest BCUT2D eigenvalue weighted by molar-refractivity contribution is -0.165. The number of hydrogen-bond donors (Lipinski definition) is 0. The molecule has 4 fully saturated rings. The Kier molecular flexibility index (Phi) is 3.55. The largest absolute Gasteiger partial charge is 0.455 e. The molecule has 4 saturated carbocycles. The molecule has 0 spiro atoms. The SMILES string of the molecule is CC(C)c1ccc(C(=O)OC2(C)C3CC4CC(C3)CC2C4)cc1. The van der Waals surface area contributed by atoms with E-state index in [1.54, 1.807) is 0 Å². The van der Waals surface area contributed by atoms with Gasteiger partial charge in [-0.2, -0.15) is 0 Å². The van der Waals surface area contributed by atoms with Crippen LogP contribution in [0.15, 0.2) is 24.3 Å². The molecule has 0 radical (unpaired) electrons. The first-order chi connectivity index (χ1) is 11.0. The Hall–Kier alpha value is -1.31. The third-order valence-corrected chi connectivity index (χ3v) is 6.88. The Morgan fingerprint density at radius 3 is 2.00 bits per heavy atom. The van der Waals surface area contributed by atoms with Crippen LogP contribution in [0, 0.1) is 23.7 Å². The number of carbonyl (C=O) groups is 1. The zero-order chi connectivity index (χ0) is 16.2. The first-order valence-corrected chi connectivity index (χ1v) is 9.29. The average molecular weight is 312 g/mol. The van der Waals surface area contributed by atoms with Gasteiger partial charge in [-0.1, -0.05) is 26.0 Å². The van der Waals surface area contributed by atoms with E-state index in [1.165, 1.54) is 37.7 Å². The van der Waals surface area contributed by atoms with Gasteiger partial charge in [0.25, 0.3) is 0 Å². The summed E-state index contributed by atoms with van der Waals surface area (Å²) >= 11 is 0. The summed E-state index contributed by atoms with van der Waals surface area (Å²) in [6, 6.07) is 7.97. The first-order valence-electron chi connectivity index (χ1n) is 9.29. The number of benzene rings is 1. The molecule has 4 bridgehead atoms. The maximum Gasteiger partial charge on any atom is 0.338 e. The summed E-state index contributed by atoms with van der Waals surface area (Å²) in [6.07, 6.45) is 6.49. The second-order valence-electron chi connectivity index (χ2n) is 8.65. The van der Waals surface area contributed by atoms with Crippen molar-refractivity contribution in [2.75, 3.05) is 0 Å².